The summed E-state index contributed by atoms with van der Waals surface area (Å²) in [5, 5.41) is 5.00. The predicted molar refractivity (Wildman–Crippen MR) is 125 cm³/mol. The SMILES string of the molecule is COCCn1c(Oc2ccccc2)nc2cnc3cc(-c4c(C)noc4C)c(OC)cc3c21. The van der Waals surface area contributed by atoms with Crippen LogP contribution in [-0.2, 0) is 11.3 Å². The lowest BCUT2D eigenvalue weighted by Crippen LogP contribution is -2.06. The lowest BCUT2D eigenvalue weighted by atomic mass is 10.0. The minimum atomic E-state index is 0.483. The van der Waals surface area contributed by atoms with Gasteiger partial charge in [-0.15, -0.1) is 0 Å². The standard InChI is InChI=1S/C25H24N4O4/c1-15-23(16(2)33-28-15)19-12-20-18(13-22(19)31-4)24-21(14-26-20)27-25(29(24)10-11-30-3)32-17-8-6-5-7-9-17/h5-9,12-14H,10-11H2,1-4H3. The zero-order chi connectivity index (χ0) is 22.9. The van der Waals surface area contributed by atoms with E-state index in [1.54, 1.807) is 20.4 Å². The number of hydrogen-bond donors (Lipinski definition) is 0. The van der Waals surface area contributed by atoms with Crippen molar-refractivity contribution in [3.05, 3.63) is 60.1 Å². The molecule has 3 aromatic heterocycles. The molecule has 0 radical (unpaired) electrons. The minimum absolute atomic E-state index is 0.483. The number of benzene rings is 2. The number of para-hydroxylation sites is 1. The second-order valence-corrected chi connectivity index (χ2v) is 7.71. The molecule has 0 unspecified atom stereocenters. The Morgan fingerprint density at radius 2 is 1.85 bits per heavy atom. The van der Waals surface area contributed by atoms with E-state index in [1.165, 1.54) is 0 Å². The van der Waals surface area contributed by atoms with Crippen molar-refractivity contribution in [1.82, 2.24) is 19.7 Å². The molecule has 0 aliphatic rings. The number of aryl methyl sites for hydroxylation is 2. The second-order valence-electron chi connectivity index (χ2n) is 7.71. The van der Waals surface area contributed by atoms with Crippen LogP contribution in [-0.4, -0.2) is 40.5 Å². The molecule has 0 spiro atoms. The molecule has 2 aromatic carbocycles. The van der Waals surface area contributed by atoms with Gasteiger partial charge in [-0.05, 0) is 38.1 Å². The van der Waals surface area contributed by atoms with E-state index in [0.29, 0.717) is 30.7 Å². The van der Waals surface area contributed by atoms with Crippen molar-refractivity contribution in [2.45, 2.75) is 20.4 Å². The van der Waals surface area contributed by atoms with Crippen molar-refractivity contribution in [2.75, 3.05) is 20.8 Å². The van der Waals surface area contributed by atoms with E-state index < -0.39 is 0 Å². The Morgan fingerprint density at radius 3 is 2.55 bits per heavy atom. The third-order valence-electron chi connectivity index (χ3n) is 5.63. The lowest BCUT2D eigenvalue weighted by molar-refractivity contribution is 0.185. The van der Waals surface area contributed by atoms with E-state index in [0.717, 1.165) is 44.5 Å². The predicted octanol–water partition coefficient (Wildman–Crippen LogP) is 5.30. The van der Waals surface area contributed by atoms with Crippen LogP contribution in [0.1, 0.15) is 11.5 Å². The molecule has 0 N–H and O–H groups in total. The number of methoxy groups -OCH3 is 2. The molecule has 5 aromatic rings. The van der Waals surface area contributed by atoms with Crippen LogP contribution >= 0.6 is 0 Å². The minimum Gasteiger partial charge on any atom is -0.496 e. The van der Waals surface area contributed by atoms with Crippen LogP contribution in [0.3, 0.4) is 0 Å². The molecule has 3 heterocycles. The third-order valence-corrected chi connectivity index (χ3v) is 5.63. The van der Waals surface area contributed by atoms with Crippen molar-refractivity contribution in [3.63, 3.8) is 0 Å². The van der Waals surface area contributed by atoms with Crippen molar-refractivity contribution >= 4 is 21.9 Å². The molecule has 5 rings (SSSR count). The smallest absolute Gasteiger partial charge is 0.303 e. The van der Waals surface area contributed by atoms with Gasteiger partial charge in [0, 0.05) is 18.1 Å². The summed E-state index contributed by atoms with van der Waals surface area (Å²) in [6, 6.07) is 14.1. The van der Waals surface area contributed by atoms with E-state index in [-0.39, 0.29) is 0 Å². The summed E-state index contributed by atoms with van der Waals surface area (Å²) in [4.78, 5) is 9.41. The van der Waals surface area contributed by atoms with E-state index in [2.05, 4.69) is 10.1 Å². The fourth-order valence-electron chi connectivity index (χ4n) is 4.11. The number of rotatable bonds is 7. The summed E-state index contributed by atoms with van der Waals surface area (Å²) in [5.41, 5.74) is 5.05. The van der Waals surface area contributed by atoms with Crippen LogP contribution in [0.4, 0.5) is 0 Å². The highest BCUT2D eigenvalue weighted by atomic mass is 16.5. The van der Waals surface area contributed by atoms with Crippen LogP contribution in [0.5, 0.6) is 17.5 Å². The van der Waals surface area contributed by atoms with E-state index in [4.69, 9.17) is 23.7 Å². The molecule has 0 amide bonds. The summed E-state index contributed by atoms with van der Waals surface area (Å²) >= 11 is 0. The fourth-order valence-corrected chi connectivity index (χ4v) is 4.11. The van der Waals surface area contributed by atoms with Crippen LogP contribution in [0.2, 0.25) is 0 Å². The van der Waals surface area contributed by atoms with Crippen LogP contribution in [0.15, 0.2) is 53.2 Å². The zero-order valence-corrected chi connectivity index (χ0v) is 19.0. The molecule has 33 heavy (non-hydrogen) atoms. The number of nitrogens with zero attached hydrogens (tertiary/aromatic N) is 4. The quantitative estimate of drug-likeness (QED) is 0.337. The monoisotopic (exact) mass is 444 g/mol. The second kappa shape index (κ2) is 8.55. The Labute approximate surface area is 190 Å². The normalized spacial score (nSPS) is 11.4. The molecular formula is C25H24N4O4. The Kier molecular flexibility index (Phi) is 5.43. The first-order valence-corrected chi connectivity index (χ1v) is 10.6. The molecule has 168 valence electrons. The Balaban J connectivity index is 1.74. The molecule has 0 aliphatic carbocycles. The summed E-state index contributed by atoms with van der Waals surface area (Å²) in [6.45, 7) is 4.89. The number of hydrogen-bond acceptors (Lipinski definition) is 7. The summed E-state index contributed by atoms with van der Waals surface area (Å²) in [5.74, 6) is 2.15. The van der Waals surface area contributed by atoms with Gasteiger partial charge in [0.05, 0.1) is 48.7 Å². The van der Waals surface area contributed by atoms with Gasteiger partial charge in [0.2, 0.25) is 0 Å². The van der Waals surface area contributed by atoms with Gasteiger partial charge in [-0.1, -0.05) is 23.4 Å². The lowest BCUT2D eigenvalue weighted by Gasteiger charge is -2.13. The Hall–Kier alpha value is -3.91. The summed E-state index contributed by atoms with van der Waals surface area (Å²) in [6.07, 6.45) is 1.77. The topological polar surface area (TPSA) is 84.4 Å². The molecule has 0 aliphatic heterocycles. The van der Waals surface area contributed by atoms with E-state index in [9.17, 15) is 0 Å². The highest BCUT2D eigenvalue weighted by molar-refractivity contribution is 6.05. The molecule has 0 saturated carbocycles. The van der Waals surface area contributed by atoms with E-state index in [1.807, 2.05) is 60.9 Å². The Morgan fingerprint density at radius 1 is 1.03 bits per heavy atom. The van der Waals surface area contributed by atoms with Crippen molar-refractivity contribution in [1.29, 1.82) is 0 Å². The first kappa shape index (κ1) is 21.0. The van der Waals surface area contributed by atoms with Gasteiger partial charge >= 0.3 is 6.01 Å². The van der Waals surface area contributed by atoms with Crippen LogP contribution < -0.4 is 9.47 Å². The van der Waals surface area contributed by atoms with Crippen molar-refractivity contribution in [2.24, 2.45) is 0 Å². The third kappa shape index (κ3) is 3.68. The van der Waals surface area contributed by atoms with Gasteiger partial charge in [-0.2, -0.15) is 4.98 Å². The highest BCUT2D eigenvalue weighted by Gasteiger charge is 2.21. The molecule has 8 nitrogen and oxygen atoms in total. The van der Waals surface area contributed by atoms with Crippen molar-refractivity contribution < 1.29 is 18.7 Å². The molecular weight excluding hydrogens is 420 g/mol. The van der Waals surface area contributed by atoms with Crippen LogP contribution in [0.25, 0.3) is 33.1 Å². The maximum Gasteiger partial charge on any atom is 0.303 e. The number of imidazole rings is 1. The first-order valence-electron chi connectivity index (χ1n) is 10.6. The molecule has 0 atom stereocenters. The van der Waals surface area contributed by atoms with Gasteiger partial charge < -0.3 is 18.7 Å². The molecule has 8 heteroatoms. The van der Waals surface area contributed by atoms with Crippen molar-refractivity contribution in [3.8, 4) is 28.6 Å². The van der Waals surface area contributed by atoms with Gasteiger partial charge in [0.15, 0.2) is 0 Å². The number of ether oxygens (including phenoxy) is 3. The summed E-state index contributed by atoms with van der Waals surface area (Å²) in [7, 11) is 3.33. The highest BCUT2D eigenvalue weighted by Crippen LogP contribution is 2.39. The number of fused-ring (bicyclic) bond motifs is 3. The largest absolute Gasteiger partial charge is 0.496 e. The number of pyridine rings is 1. The average molecular weight is 444 g/mol. The maximum atomic E-state index is 6.13. The van der Waals surface area contributed by atoms with Crippen LogP contribution in [0, 0.1) is 13.8 Å². The average Bonchev–Trinajstić information content (AvgIpc) is 3.35. The number of aromatic nitrogens is 4. The van der Waals surface area contributed by atoms with E-state index >= 15 is 0 Å². The Bertz CT molecular complexity index is 1420. The maximum absolute atomic E-state index is 6.13. The first-order chi connectivity index (χ1) is 16.1. The fraction of sp³-hybridized carbons (Fsp3) is 0.240. The van der Waals surface area contributed by atoms with Gasteiger partial charge in [-0.3, -0.25) is 9.55 Å². The van der Waals surface area contributed by atoms with Gasteiger partial charge in [0.25, 0.3) is 0 Å². The molecule has 0 fully saturated rings. The van der Waals surface area contributed by atoms with Gasteiger partial charge in [-0.25, -0.2) is 0 Å². The molecule has 0 bridgehead atoms. The summed E-state index contributed by atoms with van der Waals surface area (Å²) < 4.78 is 24.7. The van der Waals surface area contributed by atoms with Gasteiger partial charge in [0.1, 0.15) is 22.8 Å². The zero-order valence-electron chi connectivity index (χ0n) is 19.0. The molecule has 0 saturated heterocycles.